The van der Waals surface area contributed by atoms with Crippen molar-refractivity contribution in [2.75, 3.05) is 16.8 Å². The monoisotopic (exact) mass is 452 g/mol. The molecule has 34 heavy (non-hydrogen) atoms. The van der Waals surface area contributed by atoms with E-state index in [9.17, 15) is 5.26 Å². The zero-order chi connectivity index (χ0) is 24.5. The van der Waals surface area contributed by atoms with Gasteiger partial charge in [0.2, 0.25) is 5.96 Å². The highest BCUT2D eigenvalue weighted by Gasteiger charge is 2.31. The summed E-state index contributed by atoms with van der Waals surface area (Å²) < 4.78 is 6.23. The molecule has 0 aliphatic carbocycles. The molecule has 9 heteroatoms. The van der Waals surface area contributed by atoms with Gasteiger partial charge in [0.1, 0.15) is 40.8 Å². The number of para-hydroxylation sites is 1. The number of aromatic nitrogens is 1. The molecule has 1 aromatic heterocycles. The number of nitrogens with two attached hydrogens (primary N) is 2. The molecule has 2 aromatic carbocycles. The number of ether oxygens (including phenoxy) is 1. The number of nitrogens with one attached hydrogen (secondary N) is 2. The Kier molecular flexibility index (Phi) is 5.70. The van der Waals surface area contributed by atoms with Gasteiger partial charge in [-0.3, -0.25) is 5.32 Å². The Hall–Kier alpha value is -4.76. The van der Waals surface area contributed by atoms with Crippen LogP contribution in [0.5, 0.6) is 11.5 Å². The first-order valence-corrected chi connectivity index (χ1v) is 10.6. The van der Waals surface area contributed by atoms with E-state index < -0.39 is 6.04 Å². The minimum absolute atomic E-state index is 0.00770. The highest BCUT2D eigenvalue weighted by molar-refractivity contribution is 5.98. The summed E-state index contributed by atoms with van der Waals surface area (Å²) >= 11 is 0. The van der Waals surface area contributed by atoms with Crippen LogP contribution in [-0.4, -0.2) is 10.9 Å². The summed E-state index contributed by atoms with van der Waals surface area (Å²) in [5, 5.41) is 24.1. The van der Waals surface area contributed by atoms with Gasteiger partial charge < -0.3 is 21.5 Å². The van der Waals surface area contributed by atoms with Gasteiger partial charge in [0.05, 0.1) is 5.69 Å². The lowest BCUT2D eigenvalue weighted by Gasteiger charge is -2.27. The Labute approximate surface area is 197 Å². The number of anilines is 3. The Balaban J connectivity index is 1.81. The van der Waals surface area contributed by atoms with Crippen molar-refractivity contribution < 1.29 is 4.74 Å². The smallest absolute Gasteiger partial charge is 0.211 e. The number of nitrogen functional groups attached to an aromatic ring is 2. The maximum absolute atomic E-state index is 9.54. The van der Waals surface area contributed by atoms with E-state index in [1.807, 2.05) is 60.8 Å². The van der Waals surface area contributed by atoms with Crippen LogP contribution in [-0.2, 0) is 5.41 Å². The van der Waals surface area contributed by atoms with Crippen LogP contribution in [0.2, 0.25) is 0 Å². The fraction of sp³-hybridized carbons (Fsp3) is 0.200. The third kappa shape index (κ3) is 4.15. The van der Waals surface area contributed by atoms with Crippen molar-refractivity contribution in [3.63, 3.8) is 0 Å². The van der Waals surface area contributed by atoms with Gasteiger partial charge in [-0.25, -0.2) is 9.98 Å². The number of guanidine groups is 1. The fourth-order valence-electron chi connectivity index (χ4n) is 3.76. The molecule has 3 aromatic rings. The first-order chi connectivity index (χ1) is 16.2. The number of aliphatic imine (C=N–C) groups is 1. The number of benzene rings is 2. The standard InChI is InChI=1S/C25H24N8O/c1-25(2,3)14-8-10-15(11-9-14)34-18-7-5-4-6-16(18)21-19-20(28)17(12-26)22(29)32-23(19)33-24(31-21)30-13-27/h4-11,21H,1-3H3,(H6,28,29,30,31,32,33). The van der Waals surface area contributed by atoms with Crippen LogP contribution in [0.4, 0.5) is 17.3 Å². The fourth-order valence-corrected chi connectivity index (χ4v) is 3.76. The Morgan fingerprint density at radius 1 is 1.06 bits per heavy atom. The maximum Gasteiger partial charge on any atom is 0.211 e. The van der Waals surface area contributed by atoms with Crippen molar-refractivity contribution >= 4 is 23.3 Å². The maximum atomic E-state index is 9.54. The van der Waals surface area contributed by atoms with Gasteiger partial charge >= 0.3 is 0 Å². The highest BCUT2D eigenvalue weighted by atomic mass is 16.5. The van der Waals surface area contributed by atoms with Crippen LogP contribution in [0.15, 0.2) is 53.5 Å². The van der Waals surface area contributed by atoms with Crippen LogP contribution in [0, 0.1) is 22.8 Å². The molecule has 2 heterocycles. The van der Waals surface area contributed by atoms with E-state index in [-0.39, 0.29) is 28.4 Å². The number of nitriles is 2. The third-order valence-corrected chi connectivity index (χ3v) is 5.52. The molecule has 1 aliphatic rings. The number of fused-ring (bicyclic) bond motifs is 1. The largest absolute Gasteiger partial charge is 0.457 e. The topological polar surface area (TPSA) is 158 Å². The van der Waals surface area contributed by atoms with Crippen LogP contribution in [0.1, 0.15) is 49.1 Å². The summed E-state index contributed by atoms with van der Waals surface area (Å²) in [6.07, 6.45) is 1.85. The van der Waals surface area contributed by atoms with Gasteiger partial charge in [-0.1, -0.05) is 51.1 Å². The minimum atomic E-state index is -0.697. The SMILES string of the molecule is CC(C)(C)c1ccc(Oc2ccccc2C2N=C(NC#N)Nc3nc(N)c(C#N)c(N)c32)cc1. The van der Waals surface area contributed by atoms with Crippen LogP contribution >= 0.6 is 0 Å². The number of nitrogens with zero attached hydrogens (tertiary/aromatic N) is 4. The summed E-state index contributed by atoms with van der Waals surface area (Å²) in [7, 11) is 0. The van der Waals surface area contributed by atoms with Crippen molar-refractivity contribution in [3.8, 4) is 23.8 Å². The summed E-state index contributed by atoms with van der Waals surface area (Å²) in [5.74, 6) is 1.71. The number of hydrogen-bond donors (Lipinski definition) is 4. The lowest BCUT2D eigenvalue weighted by molar-refractivity contribution is 0.472. The van der Waals surface area contributed by atoms with E-state index in [0.717, 1.165) is 0 Å². The highest BCUT2D eigenvalue weighted by Crippen LogP contribution is 2.43. The van der Waals surface area contributed by atoms with Crippen LogP contribution < -0.4 is 26.8 Å². The van der Waals surface area contributed by atoms with Gasteiger partial charge in [0.15, 0.2) is 6.19 Å². The van der Waals surface area contributed by atoms with Crippen molar-refractivity contribution in [1.29, 1.82) is 10.5 Å². The molecule has 1 unspecified atom stereocenters. The molecule has 1 aliphatic heterocycles. The van der Waals surface area contributed by atoms with Crippen molar-refractivity contribution in [3.05, 3.63) is 70.8 Å². The molecule has 9 nitrogen and oxygen atoms in total. The zero-order valence-corrected chi connectivity index (χ0v) is 19.0. The summed E-state index contributed by atoms with van der Waals surface area (Å²) in [5.41, 5.74) is 14.9. The number of pyridine rings is 1. The average molecular weight is 453 g/mol. The molecular weight excluding hydrogens is 428 g/mol. The summed E-state index contributed by atoms with van der Waals surface area (Å²) in [6, 6.07) is 16.6. The third-order valence-electron chi connectivity index (χ3n) is 5.52. The Morgan fingerprint density at radius 2 is 1.76 bits per heavy atom. The first kappa shape index (κ1) is 22.4. The molecule has 4 rings (SSSR count). The predicted octanol–water partition coefficient (Wildman–Crippen LogP) is 4.15. The van der Waals surface area contributed by atoms with Gasteiger partial charge in [-0.2, -0.15) is 10.5 Å². The van der Waals surface area contributed by atoms with E-state index in [2.05, 4.69) is 41.4 Å². The van der Waals surface area contributed by atoms with E-state index in [4.69, 9.17) is 21.5 Å². The minimum Gasteiger partial charge on any atom is -0.457 e. The zero-order valence-electron chi connectivity index (χ0n) is 19.0. The van der Waals surface area contributed by atoms with E-state index in [1.54, 1.807) is 0 Å². The second-order valence-corrected chi connectivity index (χ2v) is 8.82. The van der Waals surface area contributed by atoms with Crippen LogP contribution in [0.25, 0.3) is 0 Å². The second kappa shape index (κ2) is 8.64. The molecule has 6 N–H and O–H groups in total. The van der Waals surface area contributed by atoms with E-state index >= 15 is 0 Å². The first-order valence-electron chi connectivity index (χ1n) is 10.6. The lowest BCUT2D eigenvalue weighted by Crippen LogP contribution is -2.32. The predicted molar refractivity (Wildman–Crippen MR) is 131 cm³/mol. The molecule has 0 fully saturated rings. The Morgan fingerprint density at radius 3 is 2.41 bits per heavy atom. The molecule has 170 valence electrons. The second-order valence-electron chi connectivity index (χ2n) is 8.82. The molecule has 0 saturated carbocycles. The van der Waals surface area contributed by atoms with Crippen LogP contribution in [0.3, 0.4) is 0 Å². The molecule has 0 spiro atoms. The van der Waals surface area contributed by atoms with Crippen molar-refractivity contribution in [2.24, 2.45) is 4.99 Å². The van der Waals surface area contributed by atoms with Gasteiger partial charge in [-0.05, 0) is 29.2 Å². The molecule has 0 radical (unpaired) electrons. The van der Waals surface area contributed by atoms with Gasteiger partial charge in [-0.15, -0.1) is 0 Å². The average Bonchev–Trinajstić information content (AvgIpc) is 2.79. The molecule has 0 bridgehead atoms. The lowest BCUT2D eigenvalue weighted by atomic mass is 9.87. The summed E-state index contributed by atoms with van der Waals surface area (Å²) in [6.45, 7) is 6.45. The number of hydrogen-bond acceptors (Lipinski definition) is 9. The Bertz CT molecular complexity index is 1360. The van der Waals surface area contributed by atoms with Crippen molar-refractivity contribution in [2.45, 2.75) is 32.2 Å². The van der Waals surface area contributed by atoms with Gasteiger partial charge in [0, 0.05) is 11.1 Å². The van der Waals surface area contributed by atoms with E-state index in [1.165, 1.54) is 5.56 Å². The normalized spacial score (nSPS) is 14.6. The molecule has 1 atom stereocenters. The van der Waals surface area contributed by atoms with Gasteiger partial charge in [0.25, 0.3) is 0 Å². The molecular formula is C25H24N8O. The summed E-state index contributed by atoms with van der Waals surface area (Å²) in [4.78, 5) is 8.91. The van der Waals surface area contributed by atoms with Crippen molar-refractivity contribution in [1.82, 2.24) is 10.3 Å². The molecule has 0 saturated heterocycles. The quantitative estimate of drug-likeness (QED) is 0.341. The van der Waals surface area contributed by atoms with E-state index in [0.29, 0.717) is 28.4 Å². The molecule has 0 amide bonds. The number of rotatable bonds is 3.